The molecule has 1 heterocycles. The average molecular weight is 443 g/mol. The molecule has 0 saturated heterocycles. The first kappa shape index (κ1) is 21.8. The molecule has 2 aliphatic rings. The zero-order chi connectivity index (χ0) is 21.9. The van der Waals surface area contributed by atoms with E-state index in [9.17, 15) is 13.2 Å². The van der Waals surface area contributed by atoms with Crippen molar-refractivity contribution in [1.82, 2.24) is 9.62 Å². The number of nitrogens with one attached hydrogen (secondary N) is 1. The van der Waals surface area contributed by atoms with Crippen LogP contribution in [0.25, 0.3) is 0 Å². The first-order valence-electron chi connectivity index (χ1n) is 10.9. The summed E-state index contributed by atoms with van der Waals surface area (Å²) in [5.41, 5.74) is 1.56. The van der Waals surface area contributed by atoms with Gasteiger partial charge in [-0.05, 0) is 37.3 Å². The van der Waals surface area contributed by atoms with Gasteiger partial charge in [0, 0.05) is 18.5 Å². The molecule has 0 radical (unpaired) electrons. The number of rotatable bonds is 6. The first-order valence-corrected chi connectivity index (χ1v) is 12.8. The highest BCUT2D eigenvalue weighted by Gasteiger charge is 2.42. The summed E-state index contributed by atoms with van der Waals surface area (Å²) in [5, 5.41) is 3.11. The number of ether oxygens (including phenoxy) is 1. The van der Waals surface area contributed by atoms with E-state index in [0.717, 1.165) is 48.8 Å². The van der Waals surface area contributed by atoms with Crippen LogP contribution in [0.4, 0.5) is 0 Å². The van der Waals surface area contributed by atoms with Crippen LogP contribution >= 0.6 is 0 Å². The molecule has 0 bridgehead atoms. The molecule has 7 heteroatoms. The zero-order valence-electron chi connectivity index (χ0n) is 17.9. The van der Waals surface area contributed by atoms with E-state index in [4.69, 9.17) is 4.74 Å². The first-order chi connectivity index (χ1) is 14.8. The number of nitrogens with zero attached hydrogens (tertiary/aromatic N) is 1. The van der Waals surface area contributed by atoms with E-state index in [1.54, 1.807) is 0 Å². The fourth-order valence-electron chi connectivity index (χ4n) is 4.73. The lowest BCUT2D eigenvalue weighted by Crippen LogP contribution is -2.48. The van der Waals surface area contributed by atoms with E-state index in [2.05, 4.69) is 5.32 Å². The Balaban J connectivity index is 1.51. The van der Waals surface area contributed by atoms with Crippen molar-refractivity contribution in [2.45, 2.75) is 56.7 Å². The number of fused-ring (bicyclic) bond motifs is 1. The second kappa shape index (κ2) is 9.01. The molecule has 4 rings (SSSR count). The van der Waals surface area contributed by atoms with Gasteiger partial charge in [-0.25, -0.2) is 8.42 Å². The van der Waals surface area contributed by atoms with E-state index in [1.807, 2.05) is 54.6 Å². The van der Waals surface area contributed by atoms with E-state index in [1.165, 1.54) is 10.7 Å². The lowest BCUT2D eigenvalue weighted by atomic mass is 9.77. The lowest BCUT2D eigenvalue weighted by molar-refractivity contribution is -0.123. The monoisotopic (exact) mass is 442 g/mol. The van der Waals surface area contributed by atoms with Crippen LogP contribution in [0.3, 0.4) is 0 Å². The van der Waals surface area contributed by atoms with Gasteiger partial charge in [0.05, 0.1) is 18.8 Å². The second-order valence-corrected chi connectivity index (χ2v) is 10.7. The molecule has 2 aromatic rings. The number of para-hydroxylation sites is 1. The summed E-state index contributed by atoms with van der Waals surface area (Å²) >= 11 is 0. The number of carbonyl (C=O) groups is 1. The fourth-order valence-corrected chi connectivity index (χ4v) is 5.46. The summed E-state index contributed by atoms with van der Waals surface area (Å²) in [6.07, 6.45) is 7.29. The van der Waals surface area contributed by atoms with Gasteiger partial charge in [0.15, 0.2) is 0 Å². The van der Waals surface area contributed by atoms with E-state index in [-0.39, 0.29) is 30.6 Å². The summed E-state index contributed by atoms with van der Waals surface area (Å²) < 4.78 is 32.3. The van der Waals surface area contributed by atoms with Crippen molar-refractivity contribution in [3.63, 3.8) is 0 Å². The van der Waals surface area contributed by atoms with Gasteiger partial charge >= 0.3 is 0 Å². The topological polar surface area (TPSA) is 75.7 Å². The third kappa shape index (κ3) is 5.28. The highest BCUT2D eigenvalue weighted by Crippen LogP contribution is 2.46. The van der Waals surface area contributed by atoms with Crippen molar-refractivity contribution < 1.29 is 17.9 Å². The van der Waals surface area contributed by atoms with E-state index in [0.29, 0.717) is 6.42 Å². The maximum absolute atomic E-state index is 13.0. The van der Waals surface area contributed by atoms with Gasteiger partial charge in [-0.3, -0.25) is 4.79 Å². The Morgan fingerprint density at radius 2 is 1.74 bits per heavy atom. The minimum atomic E-state index is -3.54. The minimum Gasteiger partial charge on any atom is -0.487 e. The second-order valence-electron chi connectivity index (χ2n) is 8.72. The Kier molecular flexibility index (Phi) is 6.34. The van der Waals surface area contributed by atoms with Crippen molar-refractivity contribution in [2.24, 2.45) is 0 Å². The molecule has 1 spiro atoms. The third-order valence-electron chi connectivity index (χ3n) is 6.29. The van der Waals surface area contributed by atoms with Crippen LogP contribution in [0, 0.1) is 0 Å². The number of hydrogen-bond donors (Lipinski definition) is 1. The molecule has 31 heavy (non-hydrogen) atoms. The fraction of sp³-hybridized carbons (Fsp3) is 0.458. The summed E-state index contributed by atoms with van der Waals surface area (Å²) in [5.74, 6) is 0.527. The molecule has 0 unspecified atom stereocenters. The smallest absolute Gasteiger partial charge is 0.235 e. The lowest BCUT2D eigenvalue weighted by Gasteiger charge is -2.44. The molecule has 1 fully saturated rings. The van der Waals surface area contributed by atoms with E-state index >= 15 is 0 Å². The van der Waals surface area contributed by atoms with Crippen LogP contribution < -0.4 is 10.1 Å². The van der Waals surface area contributed by atoms with Crippen LogP contribution in [0.15, 0.2) is 54.6 Å². The number of sulfonamides is 1. The average Bonchev–Trinajstić information content (AvgIpc) is 2.74. The van der Waals surface area contributed by atoms with Crippen molar-refractivity contribution >= 4 is 15.9 Å². The summed E-state index contributed by atoms with van der Waals surface area (Å²) in [6.45, 7) is -0.0400. The maximum Gasteiger partial charge on any atom is 0.235 e. The molecule has 1 amide bonds. The molecule has 2 aromatic carbocycles. The van der Waals surface area contributed by atoms with Crippen molar-refractivity contribution in [3.8, 4) is 5.75 Å². The largest absolute Gasteiger partial charge is 0.487 e. The normalized spacial score (nSPS) is 20.1. The van der Waals surface area contributed by atoms with Crippen LogP contribution in [-0.4, -0.2) is 37.0 Å². The highest BCUT2D eigenvalue weighted by atomic mass is 32.2. The standard InChI is InChI=1S/C24H30N2O4S/c1-31(28,29)26(17-19-10-4-2-5-11-19)18-23(27)25-21-16-24(14-8-3-9-15-24)30-22-13-7-6-12-20(21)22/h2,4-7,10-13,21H,3,8-9,14-18H2,1H3,(H,25,27)/t21-/m0/s1. The predicted molar refractivity (Wildman–Crippen MR) is 120 cm³/mol. The highest BCUT2D eigenvalue weighted by molar-refractivity contribution is 7.88. The molecule has 0 aromatic heterocycles. The van der Waals surface area contributed by atoms with Gasteiger partial charge in [0.2, 0.25) is 15.9 Å². The van der Waals surface area contributed by atoms with E-state index < -0.39 is 10.0 Å². The molecule has 166 valence electrons. The number of carbonyl (C=O) groups excluding carboxylic acids is 1. The predicted octanol–water partition coefficient (Wildman–Crippen LogP) is 3.79. The Morgan fingerprint density at radius 1 is 1.06 bits per heavy atom. The van der Waals surface area contributed by atoms with Crippen LogP contribution in [-0.2, 0) is 21.4 Å². The van der Waals surface area contributed by atoms with Gasteiger partial charge in [0.25, 0.3) is 0 Å². The quantitative estimate of drug-likeness (QED) is 0.739. The zero-order valence-corrected chi connectivity index (χ0v) is 18.7. The summed E-state index contributed by atoms with van der Waals surface area (Å²) in [6, 6.07) is 17.0. The molecular formula is C24H30N2O4S. The molecule has 1 N–H and O–H groups in total. The molecule has 6 nitrogen and oxygen atoms in total. The van der Waals surface area contributed by atoms with Crippen molar-refractivity contribution in [2.75, 3.05) is 12.8 Å². The van der Waals surface area contributed by atoms with Gasteiger partial charge in [-0.1, -0.05) is 55.0 Å². The minimum absolute atomic E-state index is 0.168. The van der Waals surface area contributed by atoms with Gasteiger partial charge < -0.3 is 10.1 Å². The summed E-state index contributed by atoms with van der Waals surface area (Å²) in [7, 11) is -3.54. The van der Waals surface area contributed by atoms with Crippen molar-refractivity contribution in [3.05, 3.63) is 65.7 Å². The SMILES string of the molecule is CS(=O)(=O)N(CC(=O)N[C@H]1CC2(CCCCC2)Oc2ccccc21)Cc1ccccc1. The molecular weight excluding hydrogens is 412 g/mol. The molecule has 1 saturated carbocycles. The van der Waals surface area contributed by atoms with Crippen molar-refractivity contribution in [1.29, 1.82) is 0 Å². The van der Waals surface area contributed by atoms with Crippen LogP contribution in [0.2, 0.25) is 0 Å². The number of benzene rings is 2. The maximum atomic E-state index is 13.0. The Hall–Kier alpha value is -2.38. The van der Waals surface area contributed by atoms with Gasteiger partial charge in [-0.15, -0.1) is 0 Å². The van der Waals surface area contributed by atoms with Crippen LogP contribution in [0.5, 0.6) is 5.75 Å². The Morgan fingerprint density at radius 3 is 2.45 bits per heavy atom. The molecule has 1 aliphatic carbocycles. The van der Waals surface area contributed by atoms with Gasteiger partial charge in [-0.2, -0.15) is 4.31 Å². The number of amides is 1. The molecule has 1 atom stereocenters. The summed E-state index contributed by atoms with van der Waals surface area (Å²) in [4.78, 5) is 13.0. The van der Waals surface area contributed by atoms with Gasteiger partial charge in [0.1, 0.15) is 11.4 Å². The molecule has 1 aliphatic heterocycles. The van der Waals surface area contributed by atoms with Crippen LogP contribution in [0.1, 0.15) is 55.7 Å². The third-order valence-corrected chi connectivity index (χ3v) is 7.48. The Bertz CT molecular complexity index is 1020. The number of hydrogen-bond acceptors (Lipinski definition) is 4. The Labute approximate surface area is 184 Å².